The van der Waals surface area contributed by atoms with Gasteiger partial charge in [0.15, 0.2) is 0 Å². The van der Waals surface area contributed by atoms with E-state index in [1.54, 1.807) is 12.5 Å². The maximum atomic E-state index is 5.05. The molecule has 1 N–H and O–H groups in total. The van der Waals surface area contributed by atoms with Crippen molar-refractivity contribution in [3.8, 4) is 0 Å². The number of rotatable bonds is 7. The summed E-state index contributed by atoms with van der Waals surface area (Å²) in [5.41, 5.74) is 1.23. The Morgan fingerprint density at radius 1 is 1.40 bits per heavy atom. The Labute approximate surface area is 96.8 Å². The predicted molar refractivity (Wildman–Crippen MR) is 67.3 cm³/mol. The molecule has 0 aliphatic carbocycles. The molecule has 1 aromatic heterocycles. The van der Waals surface area contributed by atoms with E-state index in [2.05, 4.69) is 26.1 Å². The fourth-order valence-corrected chi connectivity index (χ4v) is 2.21. The van der Waals surface area contributed by atoms with Gasteiger partial charge in [-0.05, 0) is 24.7 Å². The van der Waals surface area contributed by atoms with E-state index in [1.807, 2.05) is 17.8 Å². The van der Waals surface area contributed by atoms with E-state index >= 15 is 0 Å². The summed E-state index contributed by atoms with van der Waals surface area (Å²) in [6.07, 6.45) is 3.53. The van der Waals surface area contributed by atoms with E-state index in [0.717, 1.165) is 12.5 Å². The fourth-order valence-electron chi connectivity index (χ4n) is 1.31. The monoisotopic (exact) mass is 227 g/mol. The molecular formula is C12H21NOS. The number of nitrogens with one attached hydrogen (secondary N) is 1. The average Bonchev–Trinajstić information content (AvgIpc) is 2.69. The number of furan rings is 1. The molecule has 86 valence electrons. The lowest BCUT2D eigenvalue weighted by Gasteiger charge is -2.11. The highest BCUT2D eigenvalue weighted by Gasteiger charge is 2.04. The molecule has 0 radical (unpaired) electrons. The predicted octanol–water partition coefficient (Wildman–Crippen LogP) is 3.32. The van der Waals surface area contributed by atoms with Crippen molar-refractivity contribution in [2.45, 2.75) is 26.8 Å². The van der Waals surface area contributed by atoms with Gasteiger partial charge in [-0.25, -0.2) is 0 Å². The van der Waals surface area contributed by atoms with Crippen molar-refractivity contribution in [1.82, 2.24) is 5.32 Å². The lowest BCUT2D eigenvalue weighted by atomic mass is 10.2. The molecule has 3 heteroatoms. The van der Waals surface area contributed by atoms with E-state index in [-0.39, 0.29) is 0 Å². The van der Waals surface area contributed by atoms with Gasteiger partial charge in [0.1, 0.15) is 0 Å². The summed E-state index contributed by atoms with van der Waals surface area (Å²) >= 11 is 2.01. The van der Waals surface area contributed by atoms with Crippen LogP contribution in [0.1, 0.15) is 32.4 Å². The number of hydrogen-bond acceptors (Lipinski definition) is 3. The van der Waals surface area contributed by atoms with Gasteiger partial charge in [0.2, 0.25) is 0 Å². The zero-order chi connectivity index (χ0) is 11.1. The summed E-state index contributed by atoms with van der Waals surface area (Å²) in [5.74, 6) is 3.23. The molecule has 1 aromatic rings. The SMILES string of the molecule is CC(C)CSCCNC(C)c1ccoc1. The second-order valence-corrected chi connectivity index (χ2v) is 5.35. The lowest BCUT2D eigenvalue weighted by molar-refractivity contribution is 0.546. The summed E-state index contributed by atoms with van der Waals surface area (Å²) in [7, 11) is 0. The molecule has 0 saturated heterocycles. The fraction of sp³-hybridized carbons (Fsp3) is 0.667. The van der Waals surface area contributed by atoms with Crippen LogP contribution < -0.4 is 5.32 Å². The molecule has 0 aromatic carbocycles. The summed E-state index contributed by atoms with van der Waals surface area (Å²) in [6.45, 7) is 7.74. The van der Waals surface area contributed by atoms with Crippen molar-refractivity contribution in [1.29, 1.82) is 0 Å². The summed E-state index contributed by atoms with van der Waals surface area (Å²) in [6, 6.07) is 2.40. The summed E-state index contributed by atoms with van der Waals surface area (Å²) in [5, 5.41) is 3.48. The van der Waals surface area contributed by atoms with Crippen molar-refractivity contribution in [2.75, 3.05) is 18.1 Å². The lowest BCUT2D eigenvalue weighted by Crippen LogP contribution is -2.21. The number of thioether (sulfide) groups is 1. The number of hydrogen-bond donors (Lipinski definition) is 1. The molecule has 1 rings (SSSR count). The second kappa shape index (κ2) is 6.96. The second-order valence-electron chi connectivity index (χ2n) is 4.20. The summed E-state index contributed by atoms with van der Waals surface area (Å²) in [4.78, 5) is 0. The van der Waals surface area contributed by atoms with Crippen LogP contribution in [0.5, 0.6) is 0 Å². The largest absolute Gasteiger partial charge is 0.472 e. The highest BCUT2D eigenvalue weighted by Crippen LogP contribution is 2.12. The highest BCUT2D eigenvalue weighted by molar-refractivity contribution is 7.99. The first-order chi connectivity index (χ1) is 7.20. The Morgan fingerprint density at radius 2 is 2.20 bits per heavy atom. The molecule has 0 bridgehead atoms. The minimum Gasteiger partial charge on any atom is -0.472 e. The third-order valence-electron chi connectivity index (χ3n) is 2.19. The molecule has 0 fully saturated rings. The van der Waals surface area contributed by atoms with E-state index in [1.165, 1.54) is 17.1 Å². The Balaban J connectivity index is 2.05. The van der Waals surface area contributed by atoms with Crippen molar-refractivity contribution >= 4 is 11.8 Å². The summed E-state index contributed by atoms with van der Waals surface area (Å²) < 4.78 is 5.05. The van der Waals surface area contributed by atoms with E-state index in [0.29, 0.717) is 6.04 Å². The van der Waals surface area contributed by atoms with Crippen molar-refractivity contribution < 1.29 is 4.42 Å². The molecule has 2 nitrogen and oxygen atoms in total. The first-order valence-corrected chi connectivity index (χ1v) is 6.69. The van der Waals surface area contributed by atoms with Crippen molar-refractivity contribution in [2.24, 2.45) is 5.92 Å². The van der Waals surface area contributed by atoms with Crippen LogP contribution in [0.15, 0.2) is 23.0 Å². The average molecular weight is 227 g/mol. The topological polar surface area (TPSA) is 25.2 Å². The quantitative estimate of drug-likeness (QED) is 0.723. The van der Waals surface area contributed by atoms with E-state index in [4.69, 9.17) is 4.42 Å². The Hall–Kier alpha value is -0.410. The Bertz CT molecular complexity index is 246. The highest BCUT2D eigenvalue weighted by atomic mass is 32.2. The van der Waals surface area contributed by atoms with Crippen LogP contribution in [-0.2, 0) is 0 Å². The van der Waals surface area contributed by atoms with Crippen LogP contribution in [0.2, 0.25) is 0 Å². The van der Waals surface area contributed by atoms with Crippen LogP contribution in [0.3, 0.4) is 0 Å². The molecule has 0 saturated carbocycles. The van der Waals surface area contributed by atoms with Crippen LogP contribution in [0.25, 0.3) is 0 Å². The third kappa shape index (κ3) is 5.28. The molecule has 1 heterocycles. The van der Waals surface area contributed by atoms with Gasteiger partial charge >= 0.3 is 0 Å². The standard InChI is InChI=1S/C12H21NOS/c1-10(2)9-15-7-5-13-11(3)12-4-6-14-8-12/h4,6,8,10-11,13H,5,7,9H2,1-3H3. The molecular weight excluding hydrogens is 206 g/mol. The van der Waals surface area contributed by atoms with Gasteiger partial charge in [-0.15, -0.1) is 0 Å². The van der Waals surface area contributed by atoms with Gasteiger partial charge in [-0.2, -0.15) is 11.8 Å². The molecule has 0 amide bonds. The van der Waals surface area contributed by atoms with Crippen LogP contribution in [0.4, 0.5) is 0 Å². The van der Waals surface area contributed by atoms with Crippen LogP contribution in [0, 0.1) is 5.92 Å². The molecule has 0 aliphatic rings. The zero-order valence-electron chi connectivity index (χ0n) is 9.82. The van der Waals surface area contributed by atoms with Gasteiger partial charge in [-0.3, -0.25) is 0 Å². The molecule has 1 atom stereocenters. The van der Waals surface area contributed by atoms with E-state index < -0.39 is 0 Å². The maximum absolute atomic E-state index is 5.05. The third-order valence-corrected chi connectivity index (χ3v) is 3.59. The van der Waals surface area contributed by atoms with Gasteiger partial charge < -0.3 is 9.73 Å². The molecule has 0 aliphatic heterocycles. The van der Waals surface area contributed by atoms with Crippen molar-refractivity contribution in [3.05, 3.63) is 24.2 Å². The molecule has 0 spiro atoms. The van der Waals surface area contributed by atoms with Gasteiger partial charge in [0, 0.05) is 23.9 Å². The zero-order valence-corrected chi connectivity index (χ0v) is 10.6. The van der Waals surface area contributed by atoms with Crippen LogP contribution >= 0.6 is 11.8 Å². The minimum atomic E-state index is 0.392. The van der Waals surface area contributed by atoms with Gasteiger partial charge in [0.25, 0.3) is 0 Å². The first-order valence-electron chi connectivity index (χ1n) is 5.53. The van der Waals surface area contributed by atoms with E-state index in [9.17, 15) is 0 Å². The first kappa shape index (κ1) is 12.7. The minimum absolute atomic E-state index is 0.392. The Kier molecular flexibility index (Phi) is 5.88. The maximum Gasteiger partial charge on any atom is 0.0950 e. The van der Waals surface area contributed by atoms with Crippen molar-refractivity contribution in [3.63, 3.8) is 0 Å². The Morgan fingerprint density at radius 3 is 2.80 bits per heavy atom. The molecule has 15 heavy (non-hydrogen) atoms. The smallest absolute Gasteiger partial charge is 0.0950 e. The van der Waals surface area contributed by atoms with Crippen LogP contribution in [-0.4, -0.2) is 18.1 Å². The van der Waals surface area contributed by atoms with Gasteiger partial charge in [-0.1, -0.05) is 13.8 Å². The molecule has 1 unspecified atom stereocenters. The van der Waals surface area contributed by atoms with Gasteiger partial charge in [0.05, 0.1) is 12.5 Å². The normalized spacial score (nSPS) is 13.3.